The van der Waals surface area contributed by atoms with Gasteiger partial charge in [0, 0.05) is 0 Å². The Kier molecular flexibility index (Phi) is 4.49. The summed E-state index contributed by atoms with van der Waals surface area (Å²) in [5, 5.41) is 2.63. The SMILES string of the molecule is Cc1ccc(Nc2ccc(C)cc2S(=O)(=O)O)c(S(=O)(=O)O)c1. The van der Waals surface area contributed by atoms with Crippen molar-refractivity contribution >= 4 is 31.6 Å². The second-order valence-corrected chi connectivity index (χ2v) is 7.85. The highest BCUT2D eigenvalue weighted by atomic mass is 32.2. The molecule has 0 fully saturated rings. The first-order valence-electron chi connectivity index (χ1n) is 6.42. The highest BCUT2D eigenvalue weighted by molar-refractivity contribution is 7.86. The number of nitrogens with one attached hydrogen (secondary N) is 1. The number of hydrogen-bond donors (Lipinski definition) is 3. The molecule has 0 aliphatic carbocycles. The summed E-state index contributed by atoms with van der Waals surface area (Å²) in [5.41, 5.74) is 1.18. The van der Waals surface area contributed by atoms with E-state index in [-0.39, 0.29) is 21.2 Å². The van der Waals surface area contributed by atoms with Gasteiger partial charge in [-0.1, -0.05) is 12.1 Å². The molecule has 0 atom stereocenters. The maximum absolute atomic E-state index is 11.5. The van der Waals surface area contributed by atoms with E-state index < -0.39 is 20.2 Å². The van der Waals surface area contributed by atoms with Crippen molar-refractivity contribution in [2.75, 3.05) is 5.32 Å². The highest BCUT2D eigenvalue weighted by Gasteiger charge is 2.20. The van der Waals surface area contributed by atoms with Crippen LogP contribution in [0.3, 0.4) is 0 Å². The monoisotopic (exact) mass is 357 g/mol. The number of benzene rings is 2. The van der Waals surface area contributed by atoms with Crippen molar-refractivity contribution in [3.05, 3.63) is 47.5 Å². The minimum Gasteiger partial charge on any atom is -0.353 e. The molecule has 0 amide bonds. The van der Waals surface area contributed by atoms with E-state index in [0.29, 0.717) is 11.1 Å². The van der Waals surface area contributed by atoms with Crippen LogP contribution in [0.15, 0.2) is 46.2 Å². The van der Waals surface area contributed by atoms with Gasteiger partial charge in [-0.2, -0.15) is 16.8 Å². The van der Waals surface area contributed by atoms with Gasteiger partial charge in [-0.15, -0.1) is 0 Å². The van der Waals surface area contributed by atoms with Crippen molar-refractivity contribution in [3.63, 3.8) is 0 Å². The van der Waals surface area contributed by atoms with E-state index in [2.05, 4.69) is 5.32 Å². The predicted molar refractivity (Wildman–Crippen MR) is 85.3 cm³/mol. The second-order valence-electron chi connectivity index (χ2n) is 5.07. The third kappa shape index (κ3) is 4.08. The average molecular weight is 357 g/mol. The number of hydrogen-bond acceptors (Lipinski definition) is 5. The number of aryl methyl sites for hydroxylation is 2. The summed E-state index contributed by atoms with van der Waals surface area (Å²) in [6.07, 6.45) is 0. The fraction of sp³-hybridized carbons (Fsp3) is 0.143. The summed E-state index contributed by atoms with van der Waals surface area (Å²) in [6.45, 7) is 3.29. The van der Waals surface area contributed by atoms with Crippen molar-refractivity contribution in [2.45, 2.75) is 23.6 Å². The summed E-state index contributed by atoms with van der Waals surface area (Å²) in [5.74, 6) is 0. The first kappa shape index (κ1) is 17.4. The van der Waals surface area contributed by atoms with E-state index >= 15 is 0 Å². The molecule has 124 valence electrons. The molecule has 0 aliphatic rings. The molecule has 2 aromatic carbocycles. The molecule has 0 aliphatic heterocycles. The third-order valence-electron chi connectivity index (χ3n) is 3.10. The Morgan fingerprint density at radius 2 is 1.09 bits per heavy atom. The molecule has 0 saturated carbocycles. The smallest absolute Gasteiger partial charge is 0.296 e. The zero-order chi connectivity index (χ0) is 17.4. The minimum absolute atomic E-state index is 0.00754. The molecule has 2 rings (SSSR count). The molecule has 0 aromatic heterocycles. The summed E-state index contributed by atoms with van der Waals surface area (Å²) in [4.78, 5) is -0.779. The molecule has 0 bridgehead atoms. The zero-order valence-corrected chi connectivity index (χ0v) is 13.9. The summed E-state index contributed by atoms with van der Waals surface area (Å²) < 4.78 is 64.5. The number of rotatable bonds is 4. The first-order valence-corrected chi connectivity index (χ1v) is 9.30. The molecule has 0 unspecified atom stereocenters. The van der Waals surface area contributed by atoms with Gasteiger partial charge in [0.05, 0.1) is 11.4 Å². The maximum Gasteiger partial charge on any atom is 0.296 e. The molecule has 2 aromatic rings. The van der Waals surface area contributed by atoms with E-state index in [0.717, 1.165) is 0 Å². The molecule has 23 heavy (non-hydrogen) atoms. The van der Waals surface area contributed by atoms with E-state index in [1.807, 2.05) is 0 Å². The fourth-order valence-corrected chi connectivity index (χ4v) is 3.50. The number of anilines is 2. The normalized spacial score (nSPS) is 12.2. The van der Waals surface area contributed by atoms with Crippen molar-refractivity contribution in [3.8, 4) is 0 Å². The van der Waals surface area contributed by atoms with Gasteiger partial charge < -0.3 is 5.32 Å². The predicted octanol–water partition coefficient (Wildman–Crippen LogP) is 2.54. The lowest BCUT2D eigenvalue weighted by molar-refractivity contribution is 0.481. The Morgan fingerprint density at radius 1 is 0.739 bits per heavy atom. The van der Waals surface area contributed by atoms with Crippen molar-refractivity contribution in [1.29, 1.82) is 0 Å². The van der Waals surface area contributed by atoms with Crippen molar-refractivity contribution in [1.82, 2.24) is 0 Å². The van der Waals surface area contributed by atoms with Crippen molar-refractivity contribution < 1.29 is 25.9 Å². The van der Waals surface area contributed by atoms with Crippen LogP contribution in [0.5, 0.6) is 0 Å². The minimum atomic E-state index is -4.51. The molecule has 7 nitrogen and oxygen atoms in total. The highest BCUT2D eigenvalue weighted by Crippen LogP contribution is 2.30. The molecule has 0 spiro atoms. The molecule has 0 saturated heterocycles. The van der Waals surface area contributed by atoms with Crippen LogP contribution in [0.25, 0.3) is 0 Å². The van der Waals surface area contributed by atoms with Gasteiger partial charge in [0.2, 0.25) is 0 Å². The van der Waals surface area contributed by atoms with Crippen LogP contribution >= 0.6 is 0 Å². The van der Waals surface area contributed by atoms with Crippen molar-refractivity contribution in [2.24, 2.45) is 0 Å². The average Bonchev–Trinajstić information content (AvgIpc) is 2.40. The fourth-order valence-electron chi connectivity index (χ4n) is 2.04. The molecular weight excluding hydrogens is 342 g/mol. The maximum atomic E-state index is 11.5. The van der Waals surface area contributed by atoms with Crippen LogP contribution in [0.1, 0.15) is 11.1 Å². The van der Waals surface area contributed by atoms with E-state index in [4.69, 9.17) is 0 Å². The molecule has 3 N–H and O–H groups in total. The van der Waals surface area contributed by atoms with Crippen LogP contribution in [0.4, 0.5) is 11.4 Å². The summed E-state index contributed by atoms with van der Waals surface area (Å²) in [6, 6.07) is 8.48. The van der Waals surface area contributed by atoms with Crippen LogP contribution < -0.4 is 5.32 Å². The van der Waals surface area contributed by atoms with Gasteiger partial charge in [0.15, 0.2) is 0 Å². The van der Waals surface area contributed by atoms with Crippen LogP contribution in [-0.4, -0.2) is 25.9 Å². The summed E-state index contributed by atoms with van der Waals surface area (Å²) in [7, 11) is -9.01. The lowest BCUT2D eigenvalue weighted by atomic mass is 10.2. The largest absolute Gasteiger partial charge is 0.353 e. The second kappa shape index (κ2) is 5.93. The van der Waals surface area contributed by atoms with Crippen LogP contribution in [-0.2, 0) is 20.2 Å². The van der Waals surface area contributed by atoms with E-state index in [1.165, 1.54) is 24.3 Å². The molecule has 9 heteroatoms. The Bertz CT molecular complexity index is 885. The van der Waals surface area contributed by atoms with E-state index in [1.54, 1.807) is 26.0 Å². The van der Waals surface area contributed by atoms with Gasteiger partial charge in [-0.05, 0) is 49.2 Å². The Labute approximate surface area is 134 Å². The van der Waals surface area contributed by atoms with Gasteiger partial charge in [0.1, 0.15) is 9.79 Å². The van der Waals surface area contributed by atoms with Crippen LogP contribution in [0.2, 0.25) is 0 Å². The molecule has 0 radical (unpaired) electrons. The zero-order valence-electron chi connectivity index (χ0n) is 12.3. The van der Waals surface area contributed by atoms with Gasteiger partial charge in [0.25, 0.3) is 20.2 Å². The van der Waals surface area contributed by atoms with Gasteiger partial charge >= 0.3 is 0 Å². The van der Waals surface area contributed by atoms with Gasteiger partial charge in [-0.25, -0.2) is 0 Å². The van der Waals surface area contributed by atoms with E-state index in [9.17, 15) is 25.9 Å². The standard InChI is InChI=1S/C14H15NO6S2/c1-9-3-5-11(13(7-9)22(16,17)18)15-12-6-4-10(2)8-14(12)23(19,20)21/h3-8,15H,1-2H3,(H,16,17,18)(H,19,20,21). The summed E-state index contributed by atoms with van der Waals surface area (Å²) >= 11 is 0. The molecule has 0 heterocycles. The lowest BCUT2D eigenvalue weighted by Gasteiger charge is -2.14. The molecular formula is C14H15NO6S2. The quantitative estimate of drug-likeness (QED) is 0.719. The third-order valence-corrected chi connectivity index (χ3v) is 4.89. The topological polar surface area (TPSA) is 121 Å². The first-order chi connectivity index (χ1) is 10.5. The Morgan fingerprint density at radius 3 is 1.39 bits per heavy atom. The Hall–Kier alpha value is -1.94. The van der Waals surface area contributed by atoms with Crippen LogP contribution in [0, 0.1) is 13.8 Å². The van der Waals surface area contributed by atoms with Gasteiger partial charge in [-0.3, -0.25) is 9.11 Å². The Balaban J connectivity index is 2.62. The lowest BCUT2D eigenvalue weighted by Crippen LogP contribution is -2.07.